The summed E-state index contributed by atoms with van der Waals surface area (Å²) >= 11 is 0. The quantitative estimate of drug-likeness (QED) is 0.567. The predicted octanol–water partition coefficient (Wildman–Crippen LogP) is 2.94. The van der Waals surface area contributed by atoms with Gasteiger partial charge in [0.15, 0.2) is 29.9 Å². The number of alkyl halides is 2. The molecule has 10 atom stereocenters. The number of carbonyl (C=O) groups is 3. The van der Waals surface area contributed by atoms with Crippen LogP contribution in [0.4, 0.5) is 8.78 Å². The van der Waals surface area contributed by atoms with Gasteiger partial charge in [0.1, 0.15) is 6.17 Å². The van der Waals surface area contributed by atoms with Gasteiger partial charge >= 0.3 is 0 Å². The fraction of sp³-hybridized carbons (Fsp3) is 0.731. The molecular formula is C26H32F2O7. The summed E-state index contributed by atoms with van der Waals surface area (Å²) in [5, 5.41) is 11.5. The second-order valence-electron chi connectivity index (χ2n) is 11.1. The highest BCUT2D eigenvalue weighted by molar-refractivity contribution is 6.01. The highest BCUT2D eigenvalue weighted by Crippen LogP contribution is 2.72. The third-order valence-corrected chi connectivity index (χ3v) is 9.64. The van der Waals surface area contributed by atoms with Crippen LogP contribution < -0.4 is 0 Å². The maximum Gasteiger partial charge on any atom is 0.293 e. The van der Waals surface area contributed by atoms with E-state index in [1.807, 2.05) is 6.92 Å². The Kier molecular flexibility index (Phi) is 5.66. The van der Waals surface area contributed by atoms with Crippen LogP contribution in [0, 0.1) is 22.7 Å². The Bertz CT molecular complexity index is 1010. The number of halogens is 2. The van der Waals surface area contributed by atoms with E-state index in [1.54, 1.807) is 6.92 Å². The van der Waals surface area contributed by atoms with Crippen molar-refractivity contribution in [3.8, 4) is 0 Å². The van der Waals surface area contributed by atoms with Crippen molar-refractivity contribution >= 4 is 18.0 Å². The molecule has 192 valence electrons. The second kappa shape index (κ2) is 8.02. The smallest absolute Gasteiger partial charge is 0.293 e. The molecule has 1 saturated heterocycles. The number of fused-ring (bicyclic) bond motifs is 7. The minimum atomic E-state index is -2.26. The van der Waals surface area contributed by atoms with Crippen molar-refractivity contribution in [2.24, 2.45) is 22.7 Å². The molecule has 7 nitrogen and oxygen atoms in total. The normalized spacial score (nSPS) is 50.0. The molecule has 0 aromatic heterocycles. The molecule has 3 saturated carbocycles. The van der Waals surface area contributed by atoms with Gasteiger partial charge in [0, 0.05) is 16.7 Å². The number of aliphatic hydroxyl groups is 1. The van der Waals surface area contributed by atoms with Gasteiger partial charge in [-0.2, -0.15) is 0 Å². The fourth-order valence-electron chi connectivity index (χ4n) is 8.10. The van der Waals surface area contributed by atoms with Crippen LogP contribution in [0.3, 0.4) is 0 Å². The lowest BCUT2D eigenvalue weighted by Gasteiger charge is -2.63. The van der Waals surface area contributed by atoms with Crippen LogP contribution in [0.25, 0.3) is 0 Å². The molecule has 4 fully saturated rings. The minimum absolute atomic E-state index is 0.0466. The molecule has 0 spiro atoms. The zero-order chi connectivity index (χ0) is 25.4. The Hall–Kier alpha value is -1.97. The predicted molar refractivity (Wildman–Crippen MR) is 118 cm³/mol. The van der Waals surface area contributed by atoms with Gasteiger partial charge in [-0.1, -0.05) is 26.3 Å². The van der Waals surface area contributed by atoms with Gasteiger partial charge in [0.25, 0.3) is 6.47 Å². The van der Waals surface area contributed by atoms with E-state index in [0.29, 0.717) is 6.42 Å². The van der Waals surface area contributed by atoms with Crippen LogP contribution in [0.1, 0.15) is 52.9 Å². The van der Waals surface area contributed by atoms with Gasteiger partial charge in [0.2, 0.25) is 5.78 Å². The molecule has 4 aliphatic carbocycles. The van der Waals surface area contributed by atoms with Gasteiger partial charge in [-0.3, -0.25) is 14.4 Å². The molecular weight excluding hydrogens is 462 g/mol. The van der Waals surface area contributed by atoms with E-state index >= 15 is 8.78 Å². The molecule has 1 N–H and O–H groups in total. The Morgan fingerprint density at radius 1 is 1.31 bits per heavy atom. The molecule has 8 unspecified atom stereocenters. The van der Waals surface area contributed by atoms with Crippen molar-refractivity contribution in [3.05, 3.63) is 23.8 Å². The maximum absolute atomic E-state index is 17.3. The Labute approximate surface area is 202 Å². The standard InChI is InChI=1S/C26H32F2O7/c1-4-5-22-34-21-10-15-16-9-18(27)17-8-14(30)6-7-23(17,2)25(16,28)19(31)11-24(15,3)26(21,35-22)20(32)12-33-13-29/h6-8,13,15-16,18-19,21-22,31H,4-5,9-12H2,1-3H3/t15?,16?,18-,19?,21?,22?,23?,24?,25-,26?/m0/s1. The fourth-order valence-corrected chi connectivity index (χ4v) is 8.10. The molecule has 0 aromatic carbocycles. The van der Waals surface area contributed by atoms with E-state index in [-0.39, 0.29) is 31.3 Å². The maximum atomic E-state index is 17.3. The number of hydrogen-bond donors (Lipinski definition) is 1. The van der Waals surface area contributed by atoms with Crippen molar-refractivity contribution in [3.63, 3.8) is 0 Å². The lowest BCUT2D eigenvalue weighted by atomic mass is 9.44. The number of ether oxygens (including phenoxy) is 3. The van der Waals surface area contributed by atoms with E-state index in [9.17, 15) is 19.5 Å². The highest BCUT2D eigenvalue weighted by atomic mass is 19.1. The molecule has 0 bridgehead atoms. The second-order valence-corrected chi connectivity index (χ2v) is 11.1. The van der Waals surface area contributed by atoms with Crippen LogP contribution >= 0.6 is 0 Å². The highest BCUT2D eigenvalue weighted by Gasteiger charge is 2.80. The first kappa shape index (κ1) is 24.7. The van der Waals surface area contributed by atoms with Crippen molar-refractivity contribution in [2.45, 2.75) is 88.8 Å². The Morgan fingerprint density at radius 2 is 2.06 bits per heavy atom. The summed E-state index contributed by atoms with van der Waals surface area (Å²) in [6.07, 6.45) is 0.413. The lowest BCUT2D eigenvalue weighted by Crippen LogP contribution is -2.71. The van der Waals surface area contributed by atoms with Crippen LogP contribution in [-0.4, -0.2) is 65.7 Å². The molecule has 5 aliphatic rings. The molecule has 35 heavy (non-hydrogen) atoms. The van der Waals surface area contributed by atoms with Crippen LogP contribution in [0.15, 0.2) is 23.8 Å². The lowest BCUT2D eigenvalue weighted by molar-refractivity contribution is -0.234. The largest absolute Gasteiger partial charge is 0.460 e. The summed E-state index contributed by atoms with van der Waals surface area (Å²) in [6, 6.07) is 0. The number of rotatable bonds is 6. The molecule has 1 aliphatic heterocycles. The van der Waals surface area contributed by atoms with Gasteiger partial charge in [-0.05, 0) is 56.3 Å². The number of Topliss-reactive ketones (excluding diaryl/α,β-unsaturated/α-hetero) is 1. The SMILES string of the molecule is CCCC1OC2CC3C4C[C@H](F)C5=CC(=O)C=CC5(C)[C@@]4(F)C(O)CC3(C)C2(C(=O)COC=O)O1. The van der Waals surface area contributed by atoms with E-state index in [2.05, 4.69) is 0 Å². The molecule has 5 rings (SSSR count). The molecule has 0 aromatic rings. The number of aliphatic hydroxyl groups excluding tert-OH is 1. The molecule has 1 heterocycles. The average molecular weight is 495 g/mol. The van der Waals surface area contributed by atoms with Crippen molar-refractivity contribution < 1.29 is 42.5 Å². The van der Waals surface area contributed by atoms with Crippen LogP contribution in [0.2, 0.25) is 0 Å². The first-order valence-electron chi connectivity index (χ1n) is 12.4. The summed E-state index contributed by atoms with van der Waals surface area (Å²) in [5.74, 6) is -2.41. The van der Waals surface area contributed by atoms with Crippen molar-refractivity contribution in [1.29, 1.82) is 0 Å². The van der Waals surface area contributed by atoms with E-state index in [4.69, 9.17) is 14.2 Å². The number of allylic oxidation sites excluding steroid dienone is 4. The molecule has 9 heteroatoms. The Balaban J connectivity index is 1.60. The third-order valence-electron chi connectivity index (χ3n) is 9.64. The monoisotopic (exact) mass is 494 g/mol. The van der Waals surface area contributed by atoms with Gasteiger partial charge < -0.3 is 19.3 Å². The number of ketones is 2. The third kappa shape index (κ3) is 2.95. The first-order valence-corrected chi connectivity index (χ1v) is 12.4. The Morgan fingerprint density at radius 3 is 2.74 bits per heavy atom. The minimum Gasteiger partial charge on any atom is -0.460 e. The van der Waals surface area contributed by atoms with Gasteiger partial charge in [0.05, 0.1) is 12.2 Å². The summed E-state index contributed by atoms with van der Waals surface area (Å²) in [6.45, 7) is 4.91. The van der Waals surface area contributed by atoms with Crippen molar-refractivity contribution in [1.82, 2.24) is 0 Å². The summed E-state index contributed by atoms with van der Waals surface area (Å²) in [7, 11) is 0. The summed E-state index contributed by atoms with van der Waals surface area (Å²) in [5.41, 5.74) is -6.36. The summed E-state index contributed by atoms with van der Waals surface area (Å²) < 4.78 is 50.1. The van der Waals surface area contributed by atoms with Crippen molar-refractivity contribution in [2.75, 3.05) is 6.61 Å². The van der Waals surface area contributed by atoms with E-state index in [0.717, 1.165) is 12.5 Å². The molecule has 0 amide bonds. The van der Waals surface area contributed by atoms with Gasteiger partial charge in [-0.25, -0.2) is 8.78 Å². The number of carbonyl (C=O) groups excluding carboxylic acids is 3. The zero-order valence-corrected chi connectivity index (χ0v) is 20.2. The van der Waals surface area contributed by atoms with E-state index < -0.39 is 76.8 Å². The summed E-state index contributed by atoms with van der Waals surface area (Å²) in [4.78, 5) is 36.4. The number of hydrogen-bond acceptors (Lipinski definition) is 7. The topological polar surface area (TPSA) is 99.1 Å². The van der Waals surface area contributed by atoms with Crippen LogP contribution in [0.5, 0.6) is 0 Å². The van der Waals surface area contributed by atoms with E-state index in [1.165, 1.54) is 19.1 Å². The average Bonchev–Trinajstić information content (AvgIpc) is 3.28. The first-order chi connectivity index (χ1) is 16.5. The molecule has 0 radical (unpaired) electrons. The van der Waals surface area contributed by atoms with Crippen LogP contribution in [-0.2, 0) is 28.6 Å². The van der Waals surface area contributed by atoms with Gasteiger partial charge in [-0.15, -0.1) is 0 Å². The zero-order valence-electron chi connectivity index (χ0n) is 20.2.